The summed E-state index contributed by atoms with van der Waals surface area (Å²) >= 11 is 1.33. The molecule has 0 unspecified atom stereocenters. The predicted octanol–water partition coefficient (Wildman–Crippen LogP) is 5.67. The number of rotatable bonds is 8. The number of benzene rings is 3. The van der Waals surface area contributed by atoms with Gasteiger partial charge in [-0.3, -0.25) is 9.69 Å². The van der Waals surface area contributed by atoms with Crippen molar-refractivity contribution in [3.8, 4) is 5.75 Å². The Hall–Kier alpha value is -3.71. The Morgan fingerprint density at radius 2 is 1.76 bits per heavy atom. The lowest BCUT2D eigenvalue weighted by Gasteiger charge is -2.18. The molecule has 1 heterocycles. The van der Waals surface area contributed by atoms with Crippen molar-refractivity contribution in [3.05, 3.63) is 83.4 Å². The Bertz CT molecular complexity index is 1260. The topological polar surface area (TPSA) is 68.7 Å². The van der Waals surface area contributed by atoms with Crippen molar-refractivity contribution in [1.82, 2.24) is 4.98 Å². The van der Waals surface area contributed by atoms with E-state index in [0.29, 0.717) is 16.6 Å². The van der Waals surface area contributed by atoms with Gasteiger partial charge in [0, 0.05) is 17.7 Å². The smallest absolute Gasteiger partial charge is 0.344 e. The summed E-state index contributed by atoms with van der Waals surface area (Å²) in [4.78, 5) is 30.5. The molecule has 0 saturated carbocycles. The molecule has 0 radical (unpaired) electrons. The van der Waals surface area contributed by atoms with Gasteiger partial charge in [-0.1, -0.05) is 55.5 Å². The minimum Gasteiger partial charge on any atom is -0.481 e. The van der Waals surface area contributed by atoms with Gasteiger partial charge in [0.25, 0.3) is 0 Å². The Balaban J connectivity index is 1.36. The largest absolute Gasteiger partial charge is 0.481 e. The first-order valence-corrected chi connectivity index (χ1v) is 11.5. The summed E-state index contributed by atoms with van der Waals surface area (Å²) in [6, 6.07) is 21.3. The standard InChI is InChI=1S/C26H24N2O4S/c1-3-19-11-13-22(14-12-19)28(18(2)29)26-27-21(17-33-26)15-32-25(30)16-31-24-10-6-8-20-7-4-5-9-23(20)24/h4-14,17H,3,15-16H2,1-2H3. The number of esters is 1. The number of aryl methyl sites for hydroxylation is 1. The number of carbonyl (C=O) groups excluding carboxylic acids is 2. The van der Waals surface area contributed by atoms with Crippen molar-refractivity contribution < 1.29 is 19.1 Å². The molecule has 3 aromatic carbocycles. The van der Waals surface area contributed by atoms with E-state index in [1.807, 2.05) is 66.7 Å². The van der Waals surface area contributed by atoms with Crippen LogP contribution in [0.5, 0.6) is 5.75 Å². The highest BCUT2D eigenvalue weighted by Crippen LogP contribution is 2.29. The summed E-state index contributed by atoms with van der Waals surface area (Å²) in [5.74, 6) is 0.00359. The van der Waals surface area contributed by atoms with Crippen LogP contribution in [-0.2, 0) is 27.4 Å². The first-order chi connectivity index (χ1) is 16.0. The average Bonchev–Trinajstić information content (AvgIpc) is 3.30. The Morgan fingerprint density at radius 1 is 1.00 bits per heavy atom. The van der Waals surface area contributed by atoms with Crippen molar-refractivity contribution in [1.29, 1.82) is 0 Å². The number of carbonyl (C=O) groups is 2. The van der Waals surface area contributed by atoms with Crippen LogP contribution in [0.15, 0.2) is 72.1 Å². The van der Waals surface area contributed by atoms with Crippen LogP contribution in [-0.4, -0.2) is 23.5 Å². The van der Waals surface area contributed by atoms with Crippen molar-refractivity contribution >= 4 is 44.8 Å². The maximum absolute atomic E-state index is 12.3. The molecule has 0 N–H and O–H groups in total. The normalized spacial score (nSPS) is 10.7. The van der Waals surface area contributed by atoms with Gasteiger partial charge in [0.15, 0.2) is 11.7 Å². The van der Waals surface area contributed by atoms with Crippen LogP contribution in [0.1, 0.15) is 25.1 Å². The third-order valence-electron chi connectivity index (χ3n) is 5.12. The highest BCUT2D eigenvalue weighted by molar-refractivity contribution is 7.14. The van der Waals surface area contributed by atoms with E-state index in [1.165, 1.54) is 23.8 Å². The van der Waals surface area contributed by atoms with Gasteiger partial charge in [-0.2, -0.15) is 0 Å². The van der Waals surface area contributed by atoms with Crippen LogP contribution >= 0.6 is 11.3 Å². The van der Waals surface area contributed by atoms with Crippen LogP contribution in [0.3, 0.4) is 0 Å². The quantitative estimate of drug-likeness (QED) is 0.317. The molecule has 0 aliphatic heterocycles. The molecule has 1 aromatic heterocycles. The minimum absolute atomic E-state index is 0.00868. The van der Waals surface area contributed by atoms with E-state index in [9.17, 15) is 9.59 Å². The van der Waals surface area contributed by atoms with Crippen molar-refractivity contribution in [3.63, 3.8) is 0 Å². The minimum atomic E-state index is -0.490. The average molecular weight is 461 g/mol. The molecule has 4 aromatic rings. The fourth-order valence-corrected chi connectivity index (χ4v) is 4.30. The van der Waals surface area contributed by atoms with Crippen LogP contribution in [0, 0.1) is 0 Å². The van der Waals surface area contributed by atoms with E-state index in [4.69, 9.17) is 9.47 Å². The summed E-state index contributed by atoms with van der Waals surface area (Å²) < 4.78 is 11.0. The molecule has 7 heteroatoms. The summed E-state index contributed by atoms with van der Waals surface area (Å²) in [6.07, 6.45) is 0.928. The number of fused-ring (bicyclic) bond motifs is 1. The number of hydrogen-bond donors (Lipinski definition) is 0. The highest BCUT2D eigenvalue weighted by atomic mass is 32.1. The zero-order chi connectivity index (χ0) is 23.2. The maximum atomic E-state index is 12.3. The van der Waals surface area contributed by atoms with E-state index >= 15 is 0 Å². The summed E-state index contributed by atoms with van der Waals surface area (Å²) in [5.41, 5.74) is 2.52. The second-order valence-corrected chi connectivity index (χ2v) is 8.26. The summed E-state index contributed by atoms with van der Waals surface area (Å²) in [7, 11) is 0. The van der Waals surface area contributed by atoms with Gasteiger partial charge < -0.3 is 9.47 Å². The first kappa shape index (κ1) is 22.5. The van der Waals surface area contributed by atoms with Crippen LogP contribution in [0.2, 0.25) is 0 Å². The first-order valence-electron chi connectivity index (χ1n) is 10.7. The van der Waals surface area contributed by atoms with E-state index in [-0.39, 0.29) is 19.1 Å². The third kappa shape index (κ3) is 5.38. The molecule has 4 rings (SSSR count). The molecule has 168 valence electrons. The second-order valence-electron chi connectivity index (χ2n) is 7.42. The Labute approximate surface area is 196 Å². The Kier molecular flexibility index (Phi) is 7.00. The molecule has 0 aliphatic rings. The number of amides is 1. The number of anilines is 2. The summed E-state index contributed by atoms with van der Waals surface area (Å²) in [6.45, 7) is 3.39. The van der Waals surface area contributed by atoms with Crippen molar-refractivity contribution in [2.75, 3.05) is 11.5 Å². The lowest BCUT2D eigenvalue weighted by Crippen LogP contribution is -2.22. The van der Waals surface area contributed by atoms with Gasteiger partial charge in [0.1, 0.15) is 12.4 Å². The second kappa shape index (κ2) is 10.3. The molecular weight excluding hydrogens is 436 g/mol. The van der Waals surface area contributed by atoms with Crippen LogP contribution in [0.4, 0.5) is 10.8 Å². The number of ether oxygens (including phenoxy) is 2. The molecule has 0 saturated heterocycles. The molecule has 0 atom stereocenters. The van der Waals surface area contributed by atoms with E-state index < -0.39 is 5.97 Å². The zero-order valence-electron chi connectivity index (χ0n) is 18.5. The fourth-order valence-electron chi connectivity index (χ4n) is 3.43. The predicted molar refractivity (Wildman–Crippen MR) is 130 cm³/mol. The van der Waals surface area contributed by atoms with Crippen molar-refractivity contribution in [2.24, 2.45) is 0 Å². The van der Waals surface area contributed by atoms with Crippen LogP contribution in [0.25, 0.3) is 10.8 Å². The molecule has 1 amide bonds. The monoisotopic (exact) mass is 460 g/mol. The zero-order valence-corrected chi connectivity index (χ0v) is 19.3. The lowest BCUT2D eigenvalue weighted by molar-refractivity contribution is -0.147. The van der Waals surface area contributed by atoms with Gasteiger partial charge in [0.05, 0.1) is 11.4 Å². The Morgan fingerprint density at radius 3 is 2.52 bits per heavy atom. The van der Waals surface area contributed by atoms with Crippen molar-refractivity contribution in [2.45, 2.75) is 26.9 Å². The summed E-state index contributed by atoms with van der Waals surface area (Å²) in [5, 5.41) is 4.29. The number of aromatic nitrogens is 1. The third-order valence-corrected chi connectivity index (χ3v) is 6.00. The SMILES string of the molecule is CCc1ccc(N(C(C)=O)c2nc(COC(=O)COc3cccc4ccccc34)cs2)cc1. The van der Waals surface area contributed by atoms with E-state index in [0.717, 1.165) is 22.9 Å². The van der Waals surface area contributed by atoms with Gasteiger partial charge >= 0.3 is 5.97 Å². The number of thiazole rings is 1. The van der Waals surface area contributed by atoms with Gasteiger partial charge in [-0.05, 0) is 35.6 Å². The van der Waals surface area contributed by atoms with E-state index in [2.05, 4.69) is 11.9 Å². The van der Waals surface area contributed by atoms with Gasteiger partial charge in [-0.15, -0.1) is 11.3 Å². The molecular formula is C26H24N2O4S. The molecule has 33 heavy (non-hydrogen) atoms. The molecule has 6 nitrogen and oxygen atoms in total. The highest BCUT2D eigenvalue weighted by Gasteiger charge is 2.18. The van der Waals surface area contributed by atoms with Gasteiger partial charge in [-0.25, -0.2) is 9.78 Å². The number of hydrogen-bond acceptors (Lipinski definition) is 6. The molecule has 0 fully saturated rings. The molecule has 0 aliphatic carbocycles. The number of nitrogens with zero attached hydrogens (tertiary/aromatic N) is 2. The fraction of sp³-hybridized carbons (Fsp3) is 0.192. The maximum Gasteiger partial charge on any atom is 0.344 e. The molecule has 0 bridgehead atoms. The lowest BCUT2D eigenvalue weighted by atomic mass is 10.1. The molecule has 0 spiro atoms. The van der Waals surface area contributed by atoms with Gasteiger partial charge in [0.2, 0.25) is 5.91 Å². The van der Waals surface area contributed by atoms with Crippen LogP contribution < -0.4 is 9.64 Å². The van der Waals surface area contributed by atoms with E-state index in [1.54, 1.807) is 10.3 Å².